The first-order chi connectivity index (χ1) is 19.9. The number of hydrogen-bond acceptors (Lipinski definition) is 9. The number of ether oxygens (including phenoxy) is 3. The maximum absolute atomic E-state index is 11.8. The van der Waals surface area contributed by atoms with E-state index in [0.717, 1.165) is 37.3 Å². The van der Waals surface area contributed by atoms with Crippen molar-refractivity contribution in [2.24, 2.45) is 0 Å². The molecule has 0 saturated carbocycles. The molecule has 4 rings (SSSR count). The predicted octanol–water partition coefficient (Wildman–Crippen LogP) is 3.79. The van der Waals surface area contributed by atoms with Crippen molar-refractivity contribution in [1.82, 2.24) is 10.3 Å². The molecule has 10 nitrogen and oxygen atoms in total. The highest BCUT2D eigenvalue weighted by molar-refractivity contribution is 5.90. The molecule has 218 valence electrons. The quantitative estimate of drug-likeness (QED) is 0.267. The lowest BCUT2D eigenvalue weighted by molar-refractivity contribution is -0.114. The Hall–Kier alpha value is -4.15. The number of piperidine rings is 1. The zero-order chi connectivity index (χ0) is 29.0. The Balaban J connectivity index is 1.20. The zero-order valence-electron chi connectivity index (χ0n) is 23.5. The number of aliphatic hydroxyl groups excluding tert-OH is 1. The summed E-state index contributed by atoms with van der Waals surface area (Å²) in [5.41, 5.74) is 1.97. The van der Waals surface area contributed by atoms with E-state index in [9.17, 15) is 14.7 Å². The Morgan fingerprint density at radius 2 is 1.85 bits per heavy atom. The van der Waals surface area contributed by atoms with Crippen LogP contribution in [0.5, 0.6) is 11.5 Å². The molecule has 3 N–H and O–H groups in total. The molecule has 3 aromatic rings. The average Bonchev–Trinajstić information content (AvgIpc) is 2.99. The molecule has 0 aliphatic carbocycles. The van der Waals surface area contributed by atoms with Crippen LogP contribution in [0.1, 0.15) is 42.6 Å². The molecule has 2 aromatic carbocycles. The van der Waals surface area contributed by atoms with Crippen molar-refractivity contribution in [3.05, 3.63) is 78.0 Å². The number of amides is 1. The highest BCUT2D eigenvalue weighted by Crippen LogP contribution is 2.30. The normalized spacial score (nSPS) is 14.3. The van der Waals surface area contributed by atoms with Crippen molar-refractivity contribution in [3.8, 4) is 11.5 Å². The van der Waals surface area contributed by atoms with Gasteiger partial charge in [-0.25, -0.2) is 9.78 Å². The van der Waals surface area contributed by atoms with Gasteiger partial charge in [0.05, 0.1) is 17.9 Å². The van der Waals surface area contributed by atoms with E-state index in [-0.39, 0.29) is 24.5 Å². The number of anilines is 2. The molecule has 1 saturated heterocycles. The summed E-state index contributed by atoms with van der Waals surface area (Å²) in [7, 11) is 0. The number of aromatic nitrogens is 1. The van der Waals surface area contributed by atoms with Gasteiger partial charge in [-0.1, -0.05) is 30.3 Å². The van der Waals surface area contributed by atoms with Gasteiger partial charge in [-0.3, -0.25) is 4.79 Å². The van der Waals surface area contributed by atoms with Crippen LogP contribution in [0.4, 0.5) is 11.5 Å². The second-order valence-corrected chi connectivity index (χ2v) is 9.87. The van der Waals surface area contributed by atoms with Crippen LogP contribution in [-0.4, -0.2) is 67.0 Å². The number of nitrogens with one attached hydrogen (secondary N) is 2. The summed E-state index contributed by atoms with van der Waals surface area (Å²) in [6.07, 6.45) is 2.65. The minimum atomic E-state index is -0.705. The second-order valence-electron chi connectivity index (χ2n) is 9.87. The Morgan fingerprint density at radius 3 is 2.54 bits per heavy atom. The molecule has 41 heavy (non-hydrogen) atoms. The van der Waals surface area contributed by atoms with Gasteiger partial charge < -0.3 is 34.9 Å². The van der Waals surface area contributed by atoms with Gasteiger partial charge in [0, 0.05) is 44.9 Å². The van der Waals surface area contributed by atoms with Crippen molar-refractivity contribution < 1.29 is 28.9 Å². The lowest BCUT2D eigenvalue weighted by atomic mass is 10.0. The van der Waals surface area contributed by atoms with Gasteiger partial charge in [0.2, 0.25) is 5.91 Å². The highest BCUT2D eigenvalue weighted by atomic mass is 16.5. The molecule has 1 fully saturated rings. The SMILES string of the molecule is CCOC(=O)c1ccc(N2CCC(NCC(O)COc3ccc(OCc4ccccc4)c(NC(C)=O)c3)CC2)nc1. The molecular weight excluding hydrogens is 524 g/mol. The summed E-state index contributed by atoms with van der Waals surface area (Å²) < 4.78 is 16.7. The van der Waals surface area contributed by atoms with E-state index in [0.29, 0.717) is 42.5 Å². The molecule has 10 heteroatoms. The van der Waals surface area contributed by atoms with Gasteiger partial charge in [-0.05, 0) is 49.6 Å². The van der Waals surface area contributed by atoms with E-state index in [2.05, 4.69) is 20.5 Å². The Labute approximate surface area is 240 Å². The Morgan fingerprint density at radius 1 is 1.07 bits per heavy atom. The van der Waals surface area contributed by atoms with Crippen molar-refractivity contribution in [2.45, 2.75) is 45.4 Å². The number of rotatable bonds is 13. The van der Waals surface area contributed by atoms with Crippen molar-refractivity contribution in [2.75, 3.05) is 43.1 Å². The first kappa shape index (κ1) is 29.8. The summed E-state index contributed by atoms with van der Waals surface area (Å²) in [5, 5.41) is 16.7. The van der Waals surface area contributed by atoms with Crippen LogP contribution in [-0.2, 0) is 16.1 Å². The average molecular weight is 563 g/mol. The number of hydrogen-bond donors (Lipinski definition) is 3. The molecule has 0 bridgehead atoms. The third-order valence-electron chi connectivity index (χ3n) is 6.66. The first-order valence-electron chi connectivity index (χ1n) is 13.9. The molecule has 1 unspecified atom stereocenters. The second kappa shape index (κ2) is 15.0. The molecule has 0 spiro atoms. The lowest BCUT2D eigenvalue weighted by Gasteiger charge is -2.33. The standard InChI is InChI=1S/C31H38N4O6/c1-3-39-31(38)24-9-12-30(33-18-24)35-15-13-25(14-16-35)32-19-26(37)21-40-27-10-11-29(28(17-27)34-22(2)36)41-20-23-7-5-4-6-8-23/h4-12,17-18,25-26,32,37H,3,13-16,19-21H2,1-2H3,(H,34,36). The van der Waals surface area contributed by atoms with Gasteiger partial charge in [-0.15, -0.1) is 0 Å². The number of benzene rings is 2. The molecule has 2 heterocycles. The van der Waals surface area contributed by atoms with E-state index in [1.165, 1.54) is 6.92 Å². The maximum Gasteiger partial charge on any atom is 0.339 e. The van der Waals surface area contributed by atoms with Crippen LogP contribution in [0.3, 0.4) is 0 Å². The van der Waals surface area contributed by atoms with Crippen molar-refractivity contribution in [1.29, 1.82) is 0 Å². The third-order valence-corrected chi connectivity index (χ3v) is 6.66. The van der Waals surface area contributed by atoms with Gasteiger partial charge in [0.1, 0.15) is 36.6 Å². The number of pyridine rings is 1. The fourth-order valence-electron chi connectivity index (χ4n) is 4.52. The summed E-state index contributed by atoms with van der Waals surface area (Å²) in [6, 6.07) is 18.8. The molecule has 0 radical (unpaired) electrons. The van der Waals surface area contributed by atoms with E-state index >= 15 is 0 Å². The smallest absolute Gasteiger partial charge is 0.339 e. The summed E-state index contributed by atoms with van der Waals surface area (Å²) in [5.74, 6) is 1.31. The predicted molar refractivity (Wildman–Crippen MR) is 156 cm³/mol. The topological polar surface area (TPSA) is 122 Å². The Bertz CT molecular complexity index is 1260. The van der Waals surface area contributed by atoms with Crippen LogP contribution in [0, 0.1) is 0 Å². The van der Waals surface area contributed by atoms with Gasteiger partial charge in [0.25, 0.3) is 0 Å². The number of carbonyl (C=O) groups is 2. The summed E-state index contributed by atoms with van der Waals surface area (Å²) >= 11 is 0. The number of esters is 1. The van der Waals surface area contributed by atoms with Crippen LogP contribution < -0.4 is 25.0 Å². The van der Waals surface area contributed by atoms with Crippen molar-refractivity contribution in [3.63, 3.8) is 0 Å². The maximum atomic E-state index is 11.8. The van der Waals surface area contributed by atoms with Crippen LogP contribution in [0.25, 0.3) is 0 Å². The van der Waals surface area contributed by atoms with Crippen LogP contribution >= 0.6 is 0 Å². The molecule has 1 aromatic heterocycles. The zero-order valence-corrected chi connectivity index (χ0v) is 23.5. The highest BCUT2D eigenvalue weighted by Gasteiger charge is 2.21. The third kappa shape index (κ3) is 9.19. The number of carbonyl (C=O) groups excluding carboxylic acids is 2. The van der Waals surface area contributed by atoms with E-state index in [4.69, 9.17) is 14.2 Å². The minimum Gasteiger partial charge on any atom is -0.491 e. The fraction of sp³-hybridized carbons (Fsp3) is 0.387. The lowest BCUT2D eigenvalue weighted by Crippen LogP contribution is -2.45. The van der Waals surface area contributed by atoms with Gasteiger partial charge in [-0.2, -0.15) is 0 Å². The Kier molecular flexibility index (Phi) is 10.9. The van der Waals surface area contributed by atoms with Crippen LogP contribution in [0.2, 0.25) is 0 Å². The molecule has 1 atom stereocenters. The van der Waals surface area contributed by atoms with E-state index in [1.807, 2.05) is 36.4 Å². The van der Waals surface area contributed by atoms with Crippen molar-refractivity contribution >= 4 is 23.4 Å². The molecular formula is C31H38N4O6. The van der Waals surface area contributed by atoms with Gasteiger partial charge >= 0.3 is 5.97 Å². The molecule has 1 amide bonds. The van der Waals surface area contributed by atoms with E-state index < -0.39 is 6.10 Å². The fourth-order valence-corrected chi connectivity index (χ4v) is 4.52. The first-order valence-corrected chi connectivity index (χ1v) is 13.9. The monoisotopic (exact) mass is 562 g/mol. The minimum absolute atomic E-state index is 0.103. The molecule has 1 aliphatic rings. The summed E-state index contributed by atoms with van der Waals surface area (Å²) in [4.78, 5) is 30.2. The van der Waals surface area contributed by atoms with E-state index in [1.54, 1.807) is 37.4 Å². The largest absolute Gasteiger partial charge is 0.491 e. The van der Waals surface area contributed by atoms with Crippen LogP contribution in [0.15, 0.2) is 66.9 Å². The number of nitrogens with zero attached hydrogens (tertiary/aromatic N) is 2. The molecule has 1 aliphatic heterocycles. The number of aliphatic hydroxyl groups is 1. The summed E-state index contributed by atoms with van der Waals surface area (Å²) in [6.45, 7) is 6.06. The van der Waals surface area contributed by atoms with Gasteiger partial charge in [0.15, 0.2) is 0 Å².